The minimum Gasteiger partial charge on any atom is -0.304 e. The molecule has 3 aliphatic rings. The summed E-state index contributed by atoms with van der Waals surface area (Å²) in [5.41, 5.74) is 1.26. The van der Waals surface area contributed by atoms with Gasteiger partial charge in [-0.1, -0.05) is 28.1 Å². The number of hydrogen-bond acceptors (Lipinski definition) is 4. The summed E-state index contributed by atoms with van der Waals surface area (Å²) in [5.74, 6) is 2.43. The van der Waals surface area contributed by atoms with Gasteiger partial charge in [-0.25, -0.2) is 4.68 Å². The smallest absolute Gasteiger partial charge is 0.171 e. The van der Waals surface area contributed by atoms with Crippen LogP contribution in [0.2, 0.25) is 0 Å². The maximum Gasteiger partial charge on any atom is 0.171 e. The van der Waals surface area contributed by atoms with E-state index in [-0.39, 0.29) is 0 Å². The van der Waals surface area contributed by atoms with E-state index in [2.05, 4.69) is 61.9 Å². The van der Waals surface area contributed by atoms with Crippen LogP contribution in [-0.4, -0.2) is 40.1 Å². The molecule has 3 saturated carbocycles. The molecule has 0 saturated heterocycles. The molecule has 3 fully saturated rings. The molecular formula is C22H28BrF2N5. The minimum absolute atomic E-state index is 0.408. The van der Waals surface area contributed by atoms with Crippen molar-refractivity contribution < 1.29 is 8.78 Å². The molecule has 2 atom stereocenters. The Morgan fingerprint density at radius 2 is 2.00 bits per heavy atom. The Labute approximate surface area is 184 Å². The van der Waals surface area contributed by atoms with E-state index in [1.165, 1.54) is 24.0 Å². The van der Waals surface area contributed by atoms with Gasteiger partial charge in [-0.3, -0.25) is 8.78 Å². The van der Waals surface area contributed by atoms with E-state index < -0.39 is 24.3 Å². The lowest BCUT2D eigenvalue weighted by Crippen LogP contribution is -2.61. The summed E-state index contributed by atoms with van der Waals surface area (Å²) in [4.78, 5) is 0. The molecule has 8 heteroatoms. The Bertz CT molecular complexity index is 916. The number of tetrazole rings is 1. The quantitative estimate of drug-likeness (QED) is 0.576. The van der Waals surface area contributed by atoms with Gasteiger partial charge in [0.1, 0.15) is 0 Å². The highest BCUT2D eigenvalue weighted by Gasteiger charge is 2.59. The van der Waals surface area contributed by atoms with Gasteiger partial charge in [-0.05, 0) is 90.9 Å². The fourth-order valence-electron chi connectivity index (χ4n) is 5.24. The number of benzene rings is 1. The summed E-state index contributed by atoms with van der Waals surface area (Å²) in [6.07, 6.45) is 4.35. The number of nitrogens with zero attached hydrogens (tertiary/aromatic N) is 4. The molecule has 0 spiro atoms. The molecule has 1 N–H and O–H groups in total. The highest BCUT2D eigenvalue weighted by Crippen LogP contribution is 2.56. The number of halogens is 3. The van der Waals surface area contributed by atoms with Crippen LogP contribution in [0.1, 0.15) is 55.0 Å². The van der Waals surface area contributed by atoms with Crippen molar-refractivity contribution >= 4 is 15.9 Å². The van der Waals surface area contributed by atoms with E-state index in [9.17, 15) is 8.78 Å². The second-order valence-corrected chi connectivity index (χ2v) is 10.6. The summed E-state index contributed by atoms with van der Waals surface area (Å²) >= 11 is 3.63. The van der Waals surface area contributed by atoms with Gasteiger partial charge in [0, 0.05) is 16.4 Å². The third-order valence-electron chi connectivity index (χ3n) is 7.34. The molecule has 0 bridgehead atoms. The topological polar surface area (TPSA) is 55.6 Å². The largest absolute Gasteiger partial charge is 0.304 e. The van der Waals surface area contributed by atoms with Crippen molar-refractivity contribution in [3.8, 4) is 0 Å². The van der Waals surface area contributed by atoms with Crippen LogP contribution in [-0.2, 0) is 12.1 Å². The summed E-state index contributed by atoms with van der Waals surface area (Å²) in [6.45, 7) is 2.48. The minimum atomic E-state index is -0.896. The van der Waals surface area contributed by atoms with Crippen molar-refractivity contribution in [1.82, 2.24) is 25.5 Å². The first-order chi connectivity index (χ1) is 14.5. The molecule has 0 radical (unpaired) electrons. The van der Waals surface area contributed by atoms with E-state index in [0.717, 1.165) is 29.8 Å². The van der Waals surface area contributed by atoms with Crippen LogP contribution in [0.3, 0.4) is 0 Å². The van der Waals surface area contributed by atoms with Crippen molar-refractivity contribution in [3.05, 3.63) is 39.6 Å². The third kappa shape index (κ3) is 3.60. The molecule has 1 aromatic carbocycles. The molecule has 1 heterocycles. The van der Waals surface area contributed by atoms with Crippen molar-refractivity contribution in [1.29, 1.82) is 0 Å². The maximum absolute atomic E-state index is 13.6. The van der Waals surface area contributed by atoms with Gasteiger partial charge in [-0.2, -0.15) is 0 Å². The third-order valence-corrected chi connectivity index (χ3v) is 8.20. The number of aromatic nitrogens is 4. The van der Waals surface area contributed by atoms with Crippen LogP contribution in [0.25, 0.3) is 0 Å². The average Bonchev–Trinajstić information content (AvgIpc) is 3.63. The summed E-state index contributed by atoms with van der Waals surface area (Å²) in [7, 11) is 0. The Morgan fingerprint density at radius 3 is 2.70 bits per heavy atom. The highest BCUT2D eigenvalue weighted by molar-refractivity contribution is 9.10. The number of hydrogen-bond donors (Lipinski definition) is 1. The summed E-state index contributed by atoms with van der Waals surface area (Å²) in [6, 6.07) is 6.37. The first-order valence-corrected chi connectivity index (χ1v) is 11.7. The van der Waals surface area contributed by atoms with Crippen LogP contribution in [0, 0.1) is 24.2 Å². The number of rotatable bonds is 9. The van der Waals surface area contributed by atoms with Crippen molar-refractivity contribution in [2.45, 2.75) is 57.0 Å². The first-order valence-electron chi connectivity index (χ1n) is 10.9. The summed E-state index contributed by atoms with van der Waals surface area (Å²) < 4.78 is 30.3. The molecule has 2 aromatic rings. The van der Waals surface area contributed by atoms with Crippen LogP contribution in [0.5, 0.6) is 0 Å². The van der Waals surface area contributed by atoms with Gasteiger partial charge in [0.05, 0.1) is 18.9 Å². The zero-order chi connectivity index (χ0) is 20.9. The van der Waals surface area contributed by atoms with E-state index in [1.54, 1.807) is 0 Å². The van der Waals surface area contributed by atoms with Crippen LogP contribution >= 0.6 is 15.9 Å². The first kappa shape index (κ1) is 20.5. The van der Waals surface area contributed by atoms with E-state index in [0.29, 0.717) is 30.6 Å². The van der Waals surface area contributed by atoms with Crippen molar-refractivity contribution in [2.75, 3.05) is 19.9 Å². The maximum atomic E-state index is 13.6. The Balaban J connectivity index is 1.32. The molecule has 0 unspecified atom stereocenters. The predicted molar refractivity (Wildman–Crippen MR) is 114 cm³/mol. The monoisotopic (exact) mass is 479 g/mol. The van der Waals surface area contributed by atoms with Gasteiger partial charge >= 0.3 is 0 Å². The molecule has 1 aromatic heterocycles. The second kappa shape index (κ2) is 7.62. The van der Waals surface area contributed by atoms with Crippen LogP contribution in [0.4, 0.5) is 8.78 Å². The van der Waals surface area contributed by atoms with Gasteiger partial charge in [0.25, 0.3) is 0 Å². The fraction of sp³-hybridized carbons (Fsp3) is 0.682. The highest BCUT2D eigenvalue weighted by atomic mass is 79.9. The van der Waals surface area contributed by atoms with E-state index in [4.69, 9.17) is 0 Å². The Kier molecular flexibility index (Phi) is 5.21. The van der Waals surface area contributed by atoms with E-state index in [1.807, 2.05) is 4.68 Å². The lowest BCUT2D eigenvalue weighted by atomic mass is 9.57. The van der Waals surface area contributed by atoms with Gasteiger partial charge in [0.2, 0.25) is 0 Å². The molecule has 0 aliphatic heterocycles. The standard InChI is InChI=1S/C22H28BrF2N5/c1-14-17(3-2-4-19(14)23)18-7-16(18)8-26-22(10-21(11-22,12-24)13-25)20-27-28-29-30(20)9-15-5-6-15/h2-4,15-16,18,26H,5-13H2,1H3/t16-,18+/m0/s1. The fourth-order valence-corrected chi connectivity index (χ4v) is 5.62. The van der Waals surface area contributed by atoms with Gasteiger partial charge in [0.15, 0.2) is 5.82 Å². The zero-order valence-electron chi connectivity index (χ0n) is 17.3. The molecule has 5 nitrogen and oxygen atoms in total. The normalized spacial score (nSPS) is 26.4. The number of alkyl halides is 2. The van der Waals surface area contributed by atoms with Crippen molar-refractivity contribution in [2.24, 2.45) is 17.3 Å². The second-order valence-electron chi connectivity index (χ2n) is 9.77. The van der Waals surface area contributed by atoms with E-state index >= 15 is 0 Å². The molecule has 3 aliphatic carbocycles. The Morgan fingerprint density at radius 1 is 1.23 bits per heavy atom. The molecule has 30 heavy (non-hydrogen) atoms. The van der Waals surface area contributed by atoms with Crippen LogP contribution < -0.4 is 5.32 Å². The zero-order valence-corrected chi connectivity index (χ0v) is 18.8. The average molecular weight is 480 g/mol. The molecule has 5 rings (SSSR count). The SMILES string of the molecule is Cc1c(Br)cccc1[C@@H]1C[C@H]1CNC1(c2nnnn2CC2CC2)CC(CF)(CF)C1. The molecular weight excluding hydrogens is 452 g/mol. The van der Waals surface area contributed by atoms with Crippen LogP contribution in [0.15, 0.2) is 22.7 Å². The lowest BCUT2D eigenvalue weighted by molar-refractivity contribution is -0.0475. The predicted octanol–water partition coefficient (Wildman–Crippen LogP) is 4.46. The van der Waals surface area contributed by atoms with Crippen molar-refractivity contribution in [3.63, 3.8) is 0 Å². The van der Waals surface area contributed by atoms with Gasteiger partial charge in [-0.15, -0.1) is 5.10 Å². The molecule has 162 valence electrons. The Hall–Kier alpha value is -1.41. The summed E-state index contributed by atoms with van der Waals surface area (Å²) in [5, 5.41) is 16.1. The molecule has 0 amide bonds. The lowest BCUT2D eigenvalue weighted by Gasteiger charge is -2.53. The van der Waals surface area contributed by atoms with Gasteiger partial charge < -0.3 is 5.32 Å². The number of nitrogens with one attached hydrogen (secondary N) is 1.